The molecule has 2 atom stereocenters. The maximum absolute atomic E-state index is 12.3. The Bertz CT molecular complexity index is 1300. The molecule has 5 nitrogen and oxygen atoms in total. The molecule has 0 aliphatic heterocycles. The lowest BCUT2D eigenvalue weighted by molar-refractivity contribution is 0.0526. The molecule has 0 radical (unpaired) electrons. The van der Waals surface area contributed by atoms with Crippen molar-refractivity contribution in [1.29, 1.82) is 0 Å². The van der Waals surface area contributed by atoms with Crippen LogP contribution < -0.4 is 0 Å². The monoisotopic (exact) mass is 577 g/mol. The van der Waals surface area contributed by atoms with Gasteiger partial charge in [0.1, 0.15) is 6.10 Å². The lowest BCUT2D eigenvalue weighted by atomic mass is 9.71. The first-order valence-corrected chi connectivity index (χ1v) is 18.4. The number of hydrogen-bond donors (Lipinski definition) is 1. The third kappa shape index (κ3) is 6.49. The van der Waals surface area contributed by atoms with Crippen molar-refractivity contribution in [3.63, 3.8) is 0 Å². The van der Waals surface area contributed by atoms with E-state index in [1.165, 1.54) is 16.8 Å². The third-order valence-electron chi connectivity index (χ3n) is 9.42. The number of esters is 1. The maximum Gasteiger partial charge on any atom is 0.338 e. The summed E-state index contributed by atoms with van der Waals surface area (Å²) in [7, 11) is -2.06. The van der Waals surface area contributed by atoms with Crippen molar-refractivity contribution in [2.24, 2.45) is 5.41 Å². The zero-order valence-electron chi connectivity index (χ0n) is 27.0. The van der Waals surface area contributed by atoms with Crippen molar-refractivity contribution in [2.75, 3.05) is 6.61 Å². The number of carbonyl (C=O) groups excluding carboxylic acids is 1. The number of aromatic nitrogens is 1. The molecule has 1 heterocycles. The molecule has 1 N–H and O–H groups in total. The van der Waals surface area contributed by atoms with Crippen LogP contribution in [-0.4, -0.2) is 31.0 Å². The molecule has 2 aliphatic rings. The highest BCUT2D eigenvalue weighted by Crippen LogP contribution is 2.49. The summed E-state index contributed by atoms with van der Waals surface area (Å²) in [5.41, 5.74) is 7.07. The van der Waals surface area contributed by atoms with Gasteiger partial charge in [0.2, 0.25) is 8.32 Å². The van der Waals surface area contributed by atoms with Gasteiger partial charge in [-0.25, -0.2) is 4.79 Å². The fraction of sp³-hybridized carbons (Fsp3) is 0.600. The van der Waals surface area contributed by atoms with Crippen molar-refractivity contribution in [3.05, 3.63) is 75.3 Å². The quantitative estimate of drug-likeness (QED) is 0.251. The predicted octanol–water partition coefficient (Wildman–Crippen LogP) is 8.76. The van der Waals surface area contributed by atoms with Crippen LogP contribution in [0.1, 0.15) is 137 Å². The van der Waals surface area contributed by atoms with Crippen LogP contribution in [0.25, 0.3) is 0 Å². The number of aliphatic hydroxyl groups excluding tert-OH is 1. The van der Waals surface area contributed by atoms with Crippen LogP contribution >= 0.6 is 0 Å². The van der Waals surface area contributed by atoms with Gasteiger partial charge in [-0.3, -0.25) is 4.98 Å². The van der Waals surface area contributed by atoms with Crippen molar-refractivity contribution in [1.82, 2.24) is 4.98 Å². The largest absolute Gasteiger partial charge is 0.546 e. The molecule has 0 saturated carbocycles. The van der Waals surface area contributed by atoms with Crippen LogP contribution in [0.2, 0.25) is 18.1 Å². The van der Waals surface area contributed by atoms with Crippen molar-refractivity contribution < 1.29 is 19.1 Å². The van der Waals surface area contributed by atoms with Gasteiger partial charge in [-0.1, -0.05) is 60.6 Å². The Kier molecular flexibility index (Phi) is 8.97. The Labute approximate surface area is 248 Å². The van der Waals surface area contributed by atoms with Gasteiger partial charge in [0.25, 0.3) is 0 Å². The Hall–Kier alpha value is -2.44. The van der Waals surface area contributed by atoms with E-state index in [-0.39, 0.29) is 28.3 Å². The van der Waals surface area contributed by atoms with Crippen LogP contribution in [0, 0.1) is 5.41 Å². The normalized spacial score (nSPS) is 19.5. The minimum absolute atomic E-state index is 0.0920. The molecule has 1 aromatic carbocycles. The third-order valence-corrected chi connectivity index (χ3v) is 13.8. The maximum atomic E-state index is 12.3. The molecule has 2 aliphatic carbocycles. The molecule has 0 saturated heterocycles. The van der Waals surface area contributed by atoms with Crippen LogP contribution in [0.15, 0.2) is 36.1 Å². The van der Waals surface area contributed by atoms with E-state index >= 15 is 0 Å². The van der Waals surface area contributed by atoms with E-state index in [0.29, 0.717) is 12.2 Å². The van der Waals surface area contributed by atoms with Gasteiger partial charge in [0, 0.05) is 22.9 Å². The second-order valence-electron chi connectivity index (χ2n) is 14.6. The van der Waals surface area contributed by atoms with Gasteiger partial charge < -0.3 is 14.3 Å². The molecule has 6 heteroatoms. The molecule has 0 unspecified atom stereocenters. The Balaban J connectivity index is 1.89. The Morgan fingerprint density at radius 1 is 1.17 bits per heavy atom. The van der Waals surface area contributed by atoms with Crippen LogP contribution in [0.3, 0.4) is 0 Å². The lowest BCUT2D eigenvalue weighted by Gasteiger charge is -2.40. The highest BCUT2D eigenvalue weighted by molar-refractivity contribution is 6.74. The first kappa shape index (κ1) is 31.5. The predicted molar refractivity (Wildman–Crippen MR) is 169 cm³/mol. The Morgan fingerprint density at radius 2 is 1.83 bits per heavy atom. The van der Waals surface area contributed by atoms with Gasteiger partial charge in [-0.15, -0.1) is 0 Å². The molecule has 0 fully saturated rings. The molecule has 0 spiro atoms. The summed E-state index contributed by atoms with van der Waals surface area (Å²) in [4.78, 5) is 17.6. The first-order valence-electron chi connectivity index (χ1n) is 15.5. The van der Waals surface area contributed by atoms with E-state index in [9.17, 15) is 9.90 Å². The number of benzene rings is 1. The summed E-state index contributed by atoms with van der Waals surface area (Å²) >= 11 is 0. The Morgan fingerprint density at radius 3 is 2.41 bits per heavy atom. The summed E-state index contributed by atoms with van der Waals surface area (Å²) in [5, 5.41) is 12.2. The molecular weight excluding hydrogens is 526 g/mol. The molecule has 2 aromatic rings. The number of aliphatic hydroxyl groups is 1. The molecule has 0 amide bonds. The average molecular weight is 578 g/mol. The topological polar surface area (TPSA) is 68.7 Å². The highest BCUT2D eigenvalue weighted by Gasteiger charge is 2.43. The van der Waals surface area contributed by atoms with Gasteiger partial charge in [-0.05, 0) is 103 Å². The van der Waals surface area contributed by atoms with Gasteiger partial charge >= 0.3 is 5.97 Å². The van der Waals surface area contributed by atoms with E-state index in [2.05, 4.69) is 67.6 Å². The van der Waals surface area contributed by atoms with E-state index in [1.54, 1.807) is 19.1 Å². The molecular formula is C35H51NO4Si. The summed E-state index contributed by atoms with van der Waals surface area (Å²) in [5.74, 6) is 0.972. The zero-order valence-corrected chi connectivity index (χ0v) is 28.0. The number of ether oxygens (including phenoxy) is 1. The molecule has 4 rings (SSSR count). The SMILES string of the molecule is CCOC(=O)c1ccc([C@H](O)c2c(C(C)C)nc3c(c2[C@@H]2CCC=C2O[Si](C)(C)C(C)(C)C)CCC(C)(C)C3)cc1. The molecule has 0 bridgehead atoms. The summed E-state index contributed by atoms with van der Waals surface area (Å²) < 4.78 is 12.2. The van der Waals surface area contributed by atoms with Crippen molar-refractivity contribution in [3.8, 4) is 0 Å². The summed E-state index contributed by atoms with van der Waals surface area (Å²) in [6.07, 6.45) is 6.36. The summed E-state index contributed by atoms with van der Waals surface area (Å²) in [6, 6.07) is 7.21. The second kappa shape index (κ2) is 11.7. The highest BCUT2D eigenvalue weighted by atomic mass is 28.4. The fourth-order valence-corrected chi connectivity index (χ4v) is 7.11. The minimum atomic E-state index is -2.06. The number of hydrogen-bond acceptors (Lipinski definition) is 5. The lowest BCUT2D eigenvalue weighted by Crippen LogP contribution is -2.41. The van der Waals surface area contributed by atoms with E-state index < -0.39 is 14.4 Å². The number of rotatable bonds is 8. The molecule has 41 heavy (non-hydrogen) atoms. The van der Waals surface area contributed by atoms with Gasteiger partial charge in [-0.2, -0.15) is 0 Å². The first-order chi connectivity index (χ1) is 19.1. The molecule has 1 aromatic heterocycles. The van der Waals surface area contributed by atoms with Crippen LogP contribution in [0.4, 0.5) is 0 Å². The number of carbonyl (C=O) groups is 1. The van der Waals surface area contributed by atoms with E-state index in [4.69, 9.17) is 14.1 Å². The number of fused-ring (bicyclic) bond motifs is 1. The smallest absolute Gasteiger partial charge is 0.338 e. The zero-order chi connectivity index (χ0) is 30.3. The van der Waals surface area contributed by atoms with E-state index in [1.807, 2.05) is 12.1 Å². The van der Waals surface area contributed by atoms with Crippen LogP contribution in [-0.2, 0) is 22.0 Å². The van der Waals surface area contributed by atoms with Crippen molar-refractivity contribution >= 4 is 14.3 Å². The minimum Gasteiger partial charge on any atom is -0.546 e. The second-order valence-corrected chi connectivity index (χ2v) is 19.3. The molecule has 224 valence electrons. The number of pyridine rings is 1. The van der Waals surface area contributed by atoms with Crippen molar-refractivity contribution in [2.45, 2.75) is 124 Å². The summed E-state index contributed by atoms with van der Waals surface area (Å²) in [6.45, 7) is 22.6. The number of nitrogens with zero attached hydrogens (tertiary/aromatic N) is 1. The fourth-order valence-electron chi connectivity index (χ4n) is 5.99. The number of allylic oxidation sites excluding steroid dienone is 2. The van der Waals surface area contributed by atoms with Crippen LogP contribution in [0.5, 0.6) is 0 Å². The average Bonchev–Trinajstić information content (AvgIpc) is 3.33. The standard InChI is InChI=1S/C35H51NO4Si/c1-11-39-33(38)24-17-15-23(16-18-24)32(37)30-29(26-13-12-14-28(26)40-41(9,10)34(4,5)6)25-19-20-35(7,8)21-27(25)36-31(30)22(2)3/h14-18,22,26,32,37H,11-13,19-21H2,1-10H3/t26-,32+/m1/s1. The van der Waals surface area contributed by atoms with E-state index in [0.717, 1.165) is 54.7 Å². The van der Waals surface area contributed by atoms with Gasteiger partial charge in [0.15, 0.2) is 0 Å². The van der Waals surface area contributed by atoms with Gasteiger partial charge in [0.05, 0.1) is 17.9 Å².